The maximum atomic E-state index is 11.2. The Bertz CT molecular complexity index is 696. The number of aromatic nitrogens is 3. The van der Waals surface area contributed by atoms with Gasteiger partial charge in [-0.3, -0.25) is 4.79 Å². The van der Waals surface area contributed by atoms with Crippen molar-refractivity contribution in [1.82, 2.24) is 15.0 Å². The van der Waals surface area contributed by atoms with Crippen LogP contribution in [-0.4, -0.2) is 15.0 Å². The van der Waals surface area contributed by atoms with Gasteiger partial charge >= 0.3 is 0 Å². The number of H-pyrrole nitrogens is 2. The molecule has 78 valence electrons. The number of pyridine rings is 2. The predicted molar refractivity (Wildman–Crippen MR) is 62.2 cm³/mol. The van der Waals surface area contributed by atoms with Gasteiger partial charge in [-0.05, 0) is 23.8 Å². The van der Waals surface area contributed by atoms with Crippen molar-refractivity contribution in [3.8, 4) is 11.1 Å². The second kappa shape index (κ2) is 3.34. The molecule has 3 aromatic rings. The number of aromatic amines is 2. The fourth-order valence-electron chi connectivity index (χ4n) is 1.72. The summed E-state index contributed by atoms with van der Waals surface area (Å²) in [5.74, 6) is 0. The van der Waals surface area contributed by atoms with E-state index in [4.69, 9.17) is 0 Å². The van der Waals surface area contributed by atoms with Crippen molar-refractivity contribution in [2.75, 3.05) is 0 Å². The Labute approximate surface area is 91.0 Å². The van der Waals surface area contributed by atoms with Crippen LogP contribution in [-0.2, 0) is 0 Å². The molecule has 4 heteroatoms. The quantitative estimate of drug-likeness (QED) is 0.646. The summed E-state index contributed by atoms with van der Waals surface area (Å²) in [5.41, 5.74) is 2.57. The Hall–Kier alpha value is -2.36. The van der Waals surface area contributed by atoms with Gasteiger partial charge in [-0.25, -0.2) is 4.98 Å². The highest BCUT2D eigenvalue weighted by Gasteiger charge is 2.01. The van der Waals surface area contributed by atoms with Crippen LogP contribution >= 0.6 is 0 Å². The van der Waals surface area contributed by atoms with Crippen molar-refractivity contribution in [1.29, 1.82) is 0 Å². The minimum Gasteiger partial charge on any atom is -0.346 e. The highest BCUT2D eigenvalue weighted by molar-refractivity contribution is 5.81. The second-order valence-corrected chi connectivity index (χ2v) is 3.58. The maximum Gasteiger partial charge on any atom is 0.248 e. The zero-order valence-electron chi connectivity index (χ0n) is 8.40. The van der Waals surface area contributed by atoms with E-state index in [-0.39, 0.29) is 5.56 Å². The van der Waals surface area contributed by atoms with Crippen molar-refractivity contribution in [2.45, 2.75) is 0 Å². The van der Waals surface area contributed by atoms with E-state index < -0.39 is 0 Å². The molecule has 0 radical (unpaired) electrons. The first kappa shape index (κ1) is 8.91. The van der Waals surface area contributed by atoms with Gasteiger partial charge in [0.2, 0.25) is 5.56 Å². The molecule has 0 saturated heterocycles. The lowest BCUT2D eigenvalue weighted by Crippen LogP contribution is -2.02. The molecule has 0 amide bonds. The van der Waals surface area contributed by atoms with Crippen LogP contribution < -0.4 is 5.56 Å². The monoisotopic (exact) mass is 211 g/mol. The van der Waals surface area contributed by atoms with Crippen molar-refractivity contribution < 1.29 is 0 Å². The number of nitrogens with zero attached hydrogens (tertiary/aromatic N) is 1. The number of hydrogen-bond donors (Lipinski definition) is 2. The summed E-state index contributed by atoms with van der Waals surface area (Å²) in [6.45, 7) is 0. The van der Waals surface area contributed by atoms with Crippen molar-refractivity contribution in [3.05, 3.63) is 53.2 Å². The normalized spacial score (nSPS) is 10.8. The third-order valence-electron chi connectivity index (χ3n) is 2.51. The van der Waals surface area contributed by atoms with Gasteiger partial charge in [0.05, 0.1) is 0 Å². The highest BCUT2D eigenvalue weighted by atomic mass is 16.1. The minimum absolute atomic E-state index is 0.105. The summed E-state index contributed by atoms with van der Waals surface area (Å²) in [6.07, 6.45) is 5.24. The average Bonchev–Trinajstić information content (AvgIpc) is 2.75. The summed E-state index contributed by atoms with van der Waals surface area (Å²) in [5, 5.41) is 1.04. The molecule has 0 atom stereocenters. The molecule has 3 rings (SSSR count). The van der Waals surface area contributed by atoms with Crippen LogP contribution in [0.4, 0.5) is 0 Å². The van der Waals surface area contributed by atoms with Gasteiger partial charge in [-0.2, -0.15) is 0 Å². The smallest absolute Gasteiger partial charge is 0.248 e. The lowest BCUT2D eigenvalue weighted by molar-refractivity contribution is 1.24. The Morgan fingerprint density at radius 3 is 2.75 bits per heavy atom. The highest BCUT2D eigenvalue weighted by Crippen LogP contribution is 2.20. The zero-order valence-corrected chi connectivity index (χ0v) is 8.40. The Kier molecular flexibility index (Phi) is 1.86. The summed E-state index contributed by atoms with van der Waals surface area (Å²) in [6, 6.07) is 7.39. The average molecular weight is 211 g/mol. The molecule has 3 heterocycles. The molecular weight excluding hydrogens is 202 g/mol. The molecule has 0 fully saturated rings. The molecule has 0 saturated carbocycles. The van der Waals surface area contributed by atoms with Crippen LogP contribution in [0.1, 0.15) is 0 Å². The largest absolute Gasteiger partial charge is 0.346 e. The molecule has 0 aliphatic rings. The van der Waals surface area contributed by atoms with E-state index >= 15 is 0 Å². The van der Waals surface area contributed by atoms with E-state index in [0.717, 1.165) is 22.2 Å². The fraction of sp³-hybridized carbons (Fsp3) is 0. The lowest BCUT2D eigenvalue weighted by atomic mass is 10.1. The third-order valence-corrected chi connectivity index (χ3v) is 2.51. The molecule has 0 bridgehead atoms. The summed E-state index contributed by atoms with van der Waals surface area (Å²) in [7, 11) is 0. The van der Waals surface area contributed by atoms with E-state index in [0.29, 0.717) is 0 Å². The van der Waals surface area contributed by atoms with Crippen molar-refractivity contribution >= 4 is 11.0 Å². The zero-order chi connectivity index (χ0) is 11.0. The second-order valence-electron chi connectivity index (χ2n) is 3.58. The maximum absolute atomic E-state index is 11.2. The Morgan fingerprint density at radius 2 is 1.88 bits per heavy atom. The predicted octanol–water partition coefficient (Wildman–Crippen LogP) is 1.92. The molecule has 3 aromatic heterocycles. The molecule has 16 heavy (non-hydrogen) atoms. The van der Waals surface area contributed by atoms with Gasteiger partial charge < -0.3 is 9.97 Å². The van der Waals surface area contributed by atoms with Gasteiger partial charge in [-0.15, -0.1) is 0 Å². The van der Waals surface area contributed by atoms with E-state index in [2.05, 4.69) is 15.0 Å². The van der Waals surface area contributed by atoms with Gasteiger partial charge in [0.1, 0.15) is 5.65 Å². The SMILES string of the molecule is O=c1cc(-c2cnc3[nH]ccc3c2)cc[nH]1. The summed E-state index contributed by atoms with van der Waals surface area (Å²) in [4.78, 5) is 21.1. The van der Waals surface area contributed by atoms with Crippen molar-refractivity contribution in [3.63, 3.8) is 0 Å². The van der Waals surface area contributed by atoms with Crippen LogP contribution in [0.5, 0.6) is 0 Å². The van der Waals surface area contributed by atoms with Crippen LogP contribution in [0.25, 0.3) is 22.2 Å². The van der Waals surface area contributed by atoms with Gasteiger partial charge in [0, 0.05) is 35.6 Å². The summed E-state index contributed by atoms with van der Waals surface area (Å²) >= 11 is 0. The third kappa shape index (κ3) is 1.40. The minimum atomic E-state index is -0.105. The standard InChI is InChI=1S/C12H9N3O/c16-11-6-8(1-3-13-11)10-5-9-2-4-14-12(9)15-7-10/h1-7H,(H,13,16)(H,14,15). The lowest BCUT2D eigenvalue weighted by Gasteiger charge is -1.99. The van der Waals surface area contributed by atoms with Crippen LogP contribution in [0.3, 0.4) is 0 Å². The molecule has 0 spiro atoms. The Balaban J connectivity index is 2.21. The molecule has 2 N–H and O–H groups in total. The first-order chi connectivity index (χ1) is 7.83. The molecule has 4 nitrogen and oxygen atoms in total. The number of nitrogens with one attached hydrogen (secondary N) is 2. The van der Waals surface area contributed by atoms with E-state index in [1.54, 1.807) is 18.5 Å². The van der Waals surface area contributed by atoms with Gasteiger partial charge in [0.25, 0.3) is 0 Å². The van der Waals surface area contributed by atoms with Gasteiger partial charge in [0.15, 0.2) is 0 Å². The van der Waals surface area contributed by atoms with Crippen LogP contribution in [0.15, 0.2) is 47.7 Å². The first-order valence-electron chi connectivity index (χ1n) is 4.95. The molecule has 0 aliphatic carbocycles. The molecule has 0 aromatic carbocycles. The molecular formula is C12H9N3O. The number of fused-ring (bicyclic) bond motifs is 1. The first-order valence-corrected chi connectivity index (χ1v) is 4.95. The van der Waals surface area contributed by atoms with Crippen molar-refractivity contribution in [2.24, 2.45) is 0 Å². The summed E-state index contributed by atoms with van der Waals surface area (Å²) < 4.78 is 0. The van der Waals surface area contributed by atoms with Crippen LogP contribution in [0.2, 0.25) is 0 Å². The number of rotatable bonds is 1. The van der Waals surface area contributed by atoms with Gasteiger partial charge in [-0.1, -0.05) is 0 Å². The number of hydrogen-bond acceptors (Lipinski definition) is 2. The molecule has 0 aliphatic heterocycles. The topological polar surface area (TPSA) is 61.5 Å². The fourth-order valence-corrected chi connectivity index (χ4v) is 1.72. The van der Waals surface area contributed by atoms with E-state index in [1.807, 2.05) is 24.4 Å². The van der Waals surface area contributed by atoms with Crippen LogP contribution in [0, 0.1) is 0 Å². The van der Waals surface area contributed by atoms with E-state index in [9.17, 15) is 4.79 Å². The Morgan fingerprint density at radius 1 is 1.00 bits per heavy atom. The molecule has 0 unspecified atom stereocenters. The van der Waals surface area contributed by atoms with E-state index in [1.165, 1.54) is 0 Å².